The molecule has 0 fully saturated rings. The van der Waals surface area contributed by atoms with Crippen molar-refractivity contribution >= 4 is 5.82 Å². The molecule has 0 aliphatic heterocycles. The predicted octanol–water partition coefficient (Wildman–Crippen LogP) is 2.88. The Labute approximate surface area is 149 Å². The molecule has 0 saturated carbocycles. The lowest BCUT2D eigenvalue weighted by molar-refractivity contribution is 0.174. The number of aryl methyl sites for hydroxylation is 1. The van der Waals surface area contributed by atoms with E-state index in [-0.39, 0.29) is 5.82 Å². The van der Waals surface area contributed by atoms with Gasteiger partial charge in [-0.2, -0.15) is 5.10 Å². The maximum Gasteiger partial charge on any atom is 0.131 e. The first-order chi connectivity index (χ1) is 11.8. The quantitative estimate of drug-likeness (QED) is 0.770. The number of halogens is 1. The van der Waals surface area contributed by atoms with Crippen LogP contribution in [0.3, 0.4) is 0 Å². The average molecular weight is 348 g/mol. The molecular weight excluding hydrogens is 319 g/mol. The van der Waals surface area contributed by atoms with Crippen molar-refractivity contribution < 1.29 is 9.50 Å². The Kier molecular flexibility index (Phi) is 6.56. The predicted molar refractivity (Wildman–Crippen MR) is 99.2 cm³/mol. The fourth-order valence-corrected chi connectivity index (χ4v) is 2.95. The molecule has 1 aromatic carbocycles. The molecule has 2 rings (SSSR count). The van der Waals surface area contributed by atoms with Gasteiger partial charge in [-0.05, 0) is 30.5 Å². The second-order valence-electron chi connectivity index (χ2n) is 7.06. The van der Waals surface area contributed by atoms with E-state index >= 15 is 0 Å². The van der Waals surface area contributed by atoms with Crippen LogP contribution in [0.5, 0.6) is 0 Å². The molecule has 1 heterocycles. The van der Waals surface area contributed by atoms with Crippen LogP contribution in [0.1, 0.15) is 36.8 Å². The topological polar surface area (TPSA) is 53.3 Å². The summed E-state index contributed by atoms with van der Waals surface area (Å²) in [4.78, 5) is 2.07. The summed E-state index contributed by atoms with van der Waals surface area (Å²) in [6.45, 7) is 8.16. The van der Waals surface area contributed by atoms with Crippen molar-refractivity contribution in [2.75, 3.05) is 25.5 Å². The Morgan fingerprint density at radius 1 is 1.32 bits per heavy atom. The minimum absolute atomic E-state index is 0.336. The van der Waals surface area contributed by atoms with Gasteiger partial charge in [0, 0.05) is 39.3 Å². The van der Waals surface area contributed by atoms with Crippen LogP contribution in [0.25, 0.3) is 0 Å². The van der Waals surface area contributed by atoms with E-state index in [9.17, 15) is 9.50 Å². The maximum atomic E-state index is 13.3. The molecule has 0 aliphatic carbocycles. The van der Waals surface area contributed by atoms with Crippen LogP contribution in [-0.2, 0) is 13.1 Å². The van der Waals surface area contributed by atoms with Crippen LogP contribution >= 0.6 is 0 Å². The van der Waals surface area contributed by atoms with Gasteiger partial charge in [0.1, 0.15) is 11.6 Å². The first kappa shape index (κ1) is 19.4. The van der Waals surface area contributed by atoms with Crippen LogP contribution in [0.4, 0.5) is 10.2 Å². The molecule has 0 amide bonds. The smallest absolute Gasteiger partial charge is 0.131 e. The highest BCUT2D eigenvalue weighted by molar-refractivity contribution is 5.49. The monoisotopic (exact) mass is 348 g/mol. The summed E-state index contributed by atoms with van der Waals surface area (Å²) in [5.74, 6) is 1.25. The van der Waals surface area contributed by atoms with Crippen molar-refractivity contribution in [3.8, 4) is 0 Å². The number of anilines is 1. The third kappa shape index (κ3) is 5.03. The number of rotatable bonds is 8. The molecule has 5 nitrogen and oxygen atoms in total. The number of nitrogens with one attached hydrogen (secondary N) is 1. The molecule has 1 atom stereocenters. The maximum absolute atomic E-state index is 13.3. The largest absolute Gasteiger partial charge is 0.387 e. The molecular formula is C19H29FN4O. The van der Waals surface area contributed by atoms with E-state index in [4.69, 9.17) is 0 Å². The first-order valence-electron chi connectivity index (χ1n) is 8.67. The highest BCUT2D eigenvalue weighted by atomic mass is 19.1. The van der Waals surface area contributed by atoms with Gasteiger partial charge in [0.15, 0.2) is 0 Å². The van der Waals surface area contributed by atoms with Gasteiger partial charge in [-0.25, -0.2) is 9.07 Å². The molecule has 0 bridgehead atoms. The number of aromatic nitrogens is 2. The van der Waals surface area contributed by atoms with Crippen LogP contribution in [0.2, 0.25) is 0 Å². The minimum atomic E-state index is -0.746. The Hall–Kier alpha value is -1.92. The molecule has 0 aliphatic rings. The lowest BCUT2D eigenvalue weighted by Crippen LogP contribution is -2.23. The van der Waals surface area contributed by atoms with E-state index in [0.717, 1.165) is 23.6 Å². The summed E-state index contributed by atoms with van der Waals surface area (Å²) in [5.41, 5.74) is 2.68. The Morgan fingerprint density at radius 2 is 2.04 bits per heavy atom. The highest BCUT2D eigenvalue weighted by Gasteiger charge is 2.18. The number of aliphatic hydroxyl groups is 1. The lowest BCUT2D eigenvalue weighted by Gasteiger charge is -2.19. The summed E-state index contributed by atoms with van der Waals surface area (Å²) in [5, 5.41) is 18.2. The number of benzene rings is 1. The van der Waals surface area contributed by atoms with Crippen molar-refractivity contribution in [2.45, 2.75) is 40.0 Å². The normalized spacial score (nSPS) is 12.6. The van der Waals surface area contributed by atoms with E-state index in [1.807, 2.05) is 25.7 Å². The van der Waals surface area contributed by atoms with Gasteiger partial charge in [-0.15, -0.1) is 0 Å². The standard InChI is InChI=1S/C19H29FN4O/c1-13(2)12-24-19(23(4)5)17(14(3)22-24)10-21-11-18(25)15-7-6-8-16(20)9-15/h6-9,13,18,21,25H,10-12H2,1-5H3/t18-/m1/s1. The summed E-state index contributed by atoms with van der Waals surface area (Å²) in [7, 11) is 4.02. The molecule has 2 aromatic rings. The van der Waals surface area contributed by atoms with Gasteiger partial charge < -0.3 is 15.3 Å². The van der Waals surface area contributed by atoms with Gasteiger partial charge in [-0.1, -0.05) is 26.0 Å². The SMILES string of the molecule is Cc1nn(CC(C)C)c(N(C)C)c1CNC[C@@H](O)c1cccc(F)c1. The number of hydrogen-bond donors (Lipinski definition) is 2. The number of nitrogens with zero attached hydrogens (tertiary/aromatic N) is 3. The van der Waals surface area contributed by atoms with Crippen LogP contribution in [0.15, 0.2) is 24.3 Å². The summed E-state index contributed by atoms with van der Waals surface area (Å²) in [6, 6.07) is 6.08. The Morgan fingerprint density at radius 3 is 2.64 bits per heavy atom. The van der Waals surface area contributed by atoms with Crippen molar-refractivity contribution in [3.05, 3.63) is 46.9 Å². The highest BCUT2D eigenvalue weighted by Crippen LogP contribution is 2.23. The Balaban J connectivity index is 2.06. The van der Waals surface area contributed by atoms with Gasteiger partial charge in [0.2, 0.25) is 0 Å². The zero-order chi connectivity index (χ0) is 18.6. The lowest BCUT2D eigenvalue weighted by atomic mass is 10.1. The van der Waals surface area contributed by atoms with Crippen molar-refractivity contribution in [2.24, 2.45) is 5.92 Å². The first-order valence-corrected chi connectivity index (χ1v) is 8.67. The second kappa shape index (κ2) is 8.45. The molecule has 2 N–H and O–H groups in total. The molecule has 0 spiro atoms. The van der Waals surface area contributed by atoms with E-state index in [1.165, 1.54) is 12.1 Å². The van der Waals surface area contributed by atoms with Crippen LogP contribution in [-0.4, -0.2) is 35.5 Å². The third-order valence-electron chi connectivity index (χ3n) is 4.06. The van der Waals surface area contributed by atoms with Crippen molar-refractivity contribution in [3.63, 3.8) is 0 Å². The fourth-order valence-electron chi connectivity index (χ4n) is 2.95. The minimum Gasteiger partial charge on any atom is -0.387 e. The molecule has 0 radical (unpaired) electrons. The van der Waals surface area contributed by atoms with Gasteiger partial charge in [0.25, 0.3) is 0 Å². The van der Waals surface area contributed by atoms with E-state index in [0.29, 0.717) is 24.6 Å². The van der Waals surface area contributed by atoms with Crippen molar-refractivity contribution in [1.82, 2.24) is 15.1 Å². The van der Waals surface area contributed by atoms with Gasteiger partial charge >= 0.3 is 0 Å². The summed E-state index contributed by atoms with van der Waals surface area (Å²) < 4.78 is 15.3. The van der Waals surface area contributed by atoms with E-state index in [2.05, 4.69) is 29.2 Å². The molecule has 0 saturated heterocycles. The van der Waals surface area contributed by atoms with Gasteiger partial charge in [-0.3, -0.25) is 0 Å². The number of aliphatic hydroxyl groups excluding tert-OH is 1. The number of hydrogen-bond acceptors (Lipinski definition) is 4. The summed E-state index contributed by atoms with van der Waals surface area (Å²) in [6.07, 6.45) is -0.746. The molecule has 138 valence electrons. The zero-order valence-corrected chi connectivity index (χ0v) is 15.8. The van der Waals surface area contributed by atoms with Gasteiger partial charge in [0.05, 0.1) is 11.8 Å². The van der Waals surface area contributed by atoms with Crippen molar-refractivity contribution in [1.29, 1.82) is 0 Å². The molecule has 6 heteroatoms. The Bertz CT molecular complexity index is 697. The summed E-state index contributed by atoms with van der Waals surface area (Å²) >= 11 is 0. The zero-order valence-electron chi connectivity index (χ0n) is 15.8. The van der Waals surface area contributed by atoms with E-state index < -0.39 is 6.10 Å². The second-order valence-corrected chi connectivity index (χ2v) is 7.06. The van der Waals surface area contributed by atoms with Crippen LogP contribution in [0, 0.1) is 18.7 Å². The third-order valence-corrected chi connectivity index (χ3v) is 4.06. The molecule has 1 aromatic heterocycles. The van der Waals surface area contributed by atoms with E-state index in [1.54, 1.807) is 12.1 Å². The van der Waals surface area contributed by atoms with Crippen LogP contribution < -0.4 is 10.2 Å². The average Bonchev–Trinajstić information content (AvgIpc) is 2.82. The molecule has 0 unspecified atom stereocenters. The fraction of sp³-hybridized carbons (Fsp3) is 0.526. The molecule has 25 heavy (non-hydrogen) atoms.